The van der Waals surface area contributed by atoms with Crippen molar-refractivity contribution in [3.63, 3.8) is 0 Å². The number of alkyl halides is 3. The molecule has 0 amide bonds. The number of hydrogen-bond acceptors (Lipinski definition) is 5. The Labute approximate surface area is 196 Å². The van der Waals surface area contributed by atoms with Crippen LogP contribution >= 0.6 is 0 Å². The zero-order chi connectivity index (χ0) is 24.7. The van der Waals surface area contributed by atoms with Gasteiger partial charge in [-0.15, -0.1) is 13.2 Å². The van der Waals surface area contributed by atoms with Gasteiger partial charge in [-0.1, -0.05) is 20.8 Å². The Balaban J connectivity index is 1.73. The third-order valence-corrected chi connectivity index (χ3v) is 6.18. The van der Waals surface area contributed by atoms with E-state index in [0.29, 0.717) is 28.6 Å². The highest BCUT2D eigenvalue weighted by molar-refractivity contribution is 5.94. The number of rotatable bonds is 5. The quantitative estimate of drug-likeness (QED) is 0.409. The Morgan fingerprint density at radius 2 is 1.85 bits per heavy atom. The van der Waals surface area contributed by atoms with Gasteiger partial charge < -0.3 is 19.4 Å². The van der Waals surface area contributed by atoms with E-state index in [-0.39, 0.29) is 17.2 Å². The van der Waals surface area contributed by atoms with Crippen LogP contribution in [0.4, 0.5) is 24.8 Å². The van der Waals surface area contributed by atoms with Crippen LogP contribution in [-0.2, 0) is 4.74 Å². The lowest BCUT2D eigenvalue weighted by Gasteiger charge is -2.40. The molecule has 1 heterocycles. The van der Waals surface area contributed by atoms with Gasteiger partial charge in [0.25, 0.3) is 0 Å². The van der Waals surface area contributed by atoms with E-state index in [9.17, 15) is 18.0 Å². The molecule has 4 rings (SSSR count). The molecule has 1 aliphatic rings. The molecule has 3 aromatic rings. The van der Waals surface area contributed by atoms with Gasteiger partial charge in [0.2, 0.25) is 5.95 Å². The van der Waals surface area contributed by atoms with Gasteiger partial charge in [0.15, 0.2) is 0 Å². The average molecular weight is 476 g/mol. The smallest absolute Gasteiger partial charge is 0.465 e. The number of carbonyl (C=O) groups is 1. The van der Waals surface area contributed by atoms with Gasteiger partial charge in [-0.2, -0.15) is 0 Å². The standard InChI is InChI=1S/C25H28F3N3O3/c1-15-11-18(14-24(2,3)13-15)31-21-10-5-16(22(32)33-4)12-20(21)30-23(31)29-17-6-8-19(9-7-17)34-25(26,27)28/h5-10,12,15,18H,11,13-14H2,1-4H3,(H,29,30)/t15?,18-/m1/s1. The summed E-state index contributed by atoms with van der Waals surface area (Å²) < 4.78 is 48.4. The molecule has 1 aliphatic carbocycles. The van der Waals surface area contributed by atoms with Crippen molar-refractivity contribution < 1.29 is 27.4 Å². The first-order valence-electron chi connectivity index (χ1n) is 11.2. The minimum atomic E-state index is -4.75. The lowest BCUT2D eigenvalue weighted by atomic mass is 9.70. The lowest BCUT2D eigenvalue weighted by Crippen LogP contribution is -2.29. The van der Waals surface area contributed by atoms with Gasteiger partial charge in [-0.05, 0) is 73.1 Å². The highest BCUT2D eigenvalue weighted by atomic mass is 19.4. The van der Waals surface area contributed by atoms with E-state index in [1.54, 1.807) is 12.1 Å². The maximum Gasteiger partial charge on any atom is 0.573 e. The van der Waals surface area contributed by atoms with Crippen molar-refractivity contribution in [2.75, 3.05) is 12.4 Å². The molecule has 0 bridgehead atoms. The Morgan fingerprint density at radius 3 is 2.47 bits per heavy atom. The van der Waals surface area contributed by atoms with E-state index < -0.39 is 12.3 Å². The van der Waals surface area contributed by atoms with E-state index in [2.05, 4.69) is 35.4 Å². The summed E-state index contributed by atoms with van der Waals surface area (Å²) in [6, 6.07) is 11.0. The number of anilines is 2. The molecular formula is C25H28F3N3O3. The number of halogens is 3. The first kappa shape index (κ1) is 23.9. The molecule has 34 heavy (non-hydrogen) atoms. The molecule has 182 valence electrons. The molecule has 6 nitrogen and oxygen atoms in total. The van der Waals surface area contributed by atoms with Crippen LogP contribution in [0.3, 0.4) is 0 Å². The number of nitrogens with one attached hydrogen (secondary N) is 1. The Kier molecular flexibility index (Phi) is 6.22. The van der Waals surface area contributed by atoms with Crippen LogP contribution in [0.1, 0.15) is 56.4 Å². The SMILES string of the molecule is COC(=O)c1ccc2c(c1)nc(Nc1ccc(OC(F)(F)F)cc1)n2[C@@H]1CC(C)CC(C)(C)C1. The number of nitrogens with zero attached hydrogens (tertiary/aromatic N) is 2. The van der Waals surface area contributed by atoms with Crippen molar-refractivity contribution in [2.24, 2.45) is 11.3 Å². The van der Waals surface area contributed by atoms with Gasteiger partial charge in [0.1, 0.15) is 5.75 Å². The van der Waals surface area contributed by atoms with Crippen molar-refractivity contribution in [2.45, 2.75) is 52.4 Å². The van der Waals surface area contributed by atoms with Gasteiger partial charge in [-0.25, -0.2) is 9.78 Å². The fourth-order valence-corrected chi connectivity index (χ4v) is 5.16. The van der Waals surface area contributed by atoms with E-state index in [4.69, 9.17) is 9.72 Å². The molecule has 1 aromatic heterocycles. The molecule has 2 atom stereocenters. The summed E-state index contributed by atoms with van der Waals surface area (Å²) in [6.45, 7) is 6.77. The van der Waals surface area contributed by atoms with Gasteiger partial charge in [0, 0.05) is 11.7 Å². The second-order valence-electron chi connectivity index (χ2n) is 9.76. The van der Waals surface area contributed by atoms with E-state index in [1.807, 2.05) is 6.07 Å². The highest BCUT2D eigenvalue weighted by Gasteiger charge is 2.35. The van der Waals surface area contributed by atoms with Gasteiger partial charge >= 0.3 is 12.3 Å². The van der Waals surface area contributed by atoms with Crippen LogP contribution in [0.5, 0.6) is 5.75 Å². The van der Waals surface area contributed by atoms with Gasteiger partial charge in [-0.3, -0.25) is 0 Å². The molecule has 2 aromatic carbocycles. The fourth-order valence-electron chi connectivity index (χ4n) is 5.16. The minimum Gasteiger partial charge on any atom is -0.465 e. The predicted molar refractivity (Wildman–Crippen MR) is 123 cm³/mol. The number of hydrogen-bond donors (Lipinski definition) is 1. The molecule has 1 fully saturated rings. The third kappa shape index (κ3) is 5.29. The number of aromatic nitrogens is 2. The first-order chi connectivity index (χ1) is 15.9. The van der Waals surface area contributed by atoms with Crippen LogP contribution in [0.25, 0.3) is 11.0 Å². The molecule has 0 saturated heterocycles. The summed E-state index contributed by atoms with van der Waals surface area (Å²) in [4.78, 5) is 16.8. The summed E-state index contributed by atoms with van der Waals surface area (Å²) in [7, 11) is 1.33. The maximum absolute atomic E-state index is 12.5. The maximum atomic E-state index is 12.5. The molecule has 1 N–H and O–H groups in total. The molecular weight excluding hydrogens is 447 g/mol. The average Bonchev–Trinajstić information content (AvgIpc) is 3.09. The van der Waals surface area contributed by atoms with Crippen molar-refractivity contribution in [1.29, 1.82) is 0 Å². The Hall–Kier alpha value is -3.23. The Bertz CT molecular complexity index is 1190. The number of carbonyl (C=O) groups excluding carboxylic acids is 1. The lowest BCUT2D eigenvalue weighted by molar-refractivity contribution is -0.274. The molecule has 1 unspecified atom stereocenters. The van der Waals surface area contributed by atoms with Crippen LogP contribution in [0, 0.1) is 11.3 Å². The zero-order valence-corrected chi connectivity index (χ0v) is 19.6. The van der Waals surface area contributed by atoms with Crippen molar-refractivity contribution in [1.82, 2.24) is 9.55 Å². The molecule has 1 saturated carbocycles. The number of methoxy groups -OCH3 is 1. The van der Waals surface area contributed by atoms with Crippen LogP contribution in [0.2, 0.25) is 0 Å². The second-order valence-corrected chi connectivity index (χ2v) is 9.76. The summed E-state index contributed by atoms with van der Waals surface area (Å²) in [5.74, 6) is 0.347. The van der Waals surface area contributed by atoms with E-state index in [0.717, 1.165) is 24.8 Å². The first-order valence-corrected chi connectivity index (χ1v) is 11.2. The topological polar surface area (TPSA) is 65.4 Å². The highest BCUT2D eigenvalue weighted by Crippen LogP contribution is 2.46. The van der Waals surface area contributed by atoms with Crippen molar-refractivity contribution in [3.8, 4) is 5.75 Å². The van der Waals surface area contributed by atoms with E-state index >= 15 is 0 Å². The molecule has 0 aliphatic heterocycles. The molecule has 0 spiro atoms. The third-order valence-electron chi connectivity index (χ3n) is 6.18. The minimum absolute atomic E-state index is 0.152. The largest absolute Gasteiger partial charge is 0.573 e. The fraction of sp³-hybridized carbons (Fsp3) is 0.440. The number of fused-ring (bicyclic) bond motifs is 1. The Morgan fingerprint density at radius 1 is 1.15 bits per heavy atom. The monoisotopic (exact) mass is 475 g/mol. The number of esters is 1. The normalized spacial score (nSPS) is 20.2. The summed E-state index contributed by atoms with van der Waals surface area (Å²) in [5.41, 5.74) is 2.64. The van der Waals surface area contributed by atoms with E-state index in [1.165, 1.54) is 31.4 Å². The van der Waals surface area contributed by atoms with Gasteiger partial charge in [0.05, 0.1) is 23.7 Å². The van der Waals surface area contributed by atoms with Crippen LogP contribution < -0.4 is 10.1 Å². The van der Waals surface area contributed by atoms with Crippen molar-refractivity contribution >= 4 is 28.6 Å². The zero-order valence-electron chi connectivity index (χ0n) is 19.6. The van der Waals surface area contributed by atoms with Crippen molar-refractivity contribution in [3.05, 3.63) is 48.0 Å². The predicted octanol–water partition coefficient (Wildman–Crippen LogP) is 6.85. The summed E-state index contributed by atoms with van der Waals surface area (Å²) in [5, 5.41) is 3.25. The number of imidazole rings is 1. The molecule has 9 heteroatoms. The van der Waals surface area contributed by atoms with Crippen LogP contribution in [0.15, 0.2) is 42.5 Å². The number of benzene rings is 2. The summed E-state index contributed by atoms with van der Waals surface area (Å²) in [6.07, 6.45) is -1.69. The van der Waals surface area contributed by atoms with Crippen LogP contribution in [-0.4, -0.2) is 29.0 Å². The number of ether oxygens (including phenoxy) is 2. The summed E-state index contributed by atoms with van der Waals surface area (Å²) >= 11 is 0. The second kappa shape index (κ2) is 8.85. The molecule has 0 radical (unpaired) electrons.